The van der Waals surface area contributed by atoms with Crippen molar-refractivity contribution in [3.05, 3.63) is 0 Å². The van der Waals surface area contributed by atoms with Crippen molar-refractivity contribution < 1.29 is 0 Å². The van der Waals surface area contributed by atoms with Crippen molar-refractivity contribution in [2.75, 3.05) is 0 Å². The van der Waals surface area contributed by atoms with Gasteiger partial charge in [-0.1, -0.05) is 0 Å². The fourth-order valence-electron chi connectivity index (χ4n) is 0.289. The molecule has 0 radical (unpaired) electrons. The molecule has 0 fully saturated rings. The standard InChI is InChI=1S/C4H13GeN/c1-3-5(6)4-2/h5H,3-4,6H2,1-2H3. The van der Waals surface area contributed by atoms with E-state index in [-0.39, 0.29) is 0 Å². The predicted molar refractivity (Wildman–Crippen MR) is 32.3 cm³/mol. The summed E-state index contributed by atoms with van der Waals surface area (Å²) in [6, 6.07) is 0. The Morgan fingerprint density at radius 2 is 1.67 bits per heavy atom. The average Bonchev–Trinajstić information content (AvgIpc) is 1.65. The molecule has 0 unspecified atom stereocenters. The minimum atomic E-state index is -1.04. The van der Waals surface area contributed by atoms with Gasteiger partial charge < -0.3 is 0 Å². The van der Waals surface area contributed by atoms with Crippen LogP contribution in [0.25, 0.3) is 0 Å². The zero-order valence-electron chi connectivity index (χ0n) is 4.57. The second kappa shape index (κ2) is 3.68. The van der Waals surface area contributed by atoms with Crippen LogP contribution in [0.3, 0.4) is 0 Å². The normalized spacial score (nSPS) is 10.0. The van der Waals surface area contributed by atoms with Gasteiger partial charge in [0.05, 0.1) is 0 Å². The van der Waals surface area contributed by atoms with Crippen LogP contribution in [-0.2, 0) is 0 Å². The molecule has 0 saturated heterocycles. The molecule has 0 saturated carbocycles. The molecule has 0 aliphatic carbocycles. The molecule has 0 bridgehead atoms. The van der Waals surface area contributed by atoms with E-state index in [1.165, 1.54) is 10.5 Å². The second-order valence-corrected chi connectivity index (χ2v) is 8.19. The predicted octanol–water partition coefficient (Wildman–Crippen LogP) is 0.709. The van der Waals surface area contributed by atoms with Crippen LogP contribution in [0, 0.1) is 0 Å². The van der Waals surface area contributed by atoms with Crippen LogP contribution in [-0.4, -0.2) is 14.6 Å². The van der Waals surface area contributed by atoms with Gasteiger partial charge in [0.2, 0.25) is 0 Å². The Morgan fingerprint density at radius 3 is 1.67 bits per heavy atom. The Labute approximate surface area is 44.2 Å². The molecule has 0 spiro atoms. The van der Waals surface area contributed by atoms with Crippen molar-refractivity contribution in [1.29, 1.82) is 0 Å². The molecule has 0 aliphatic rings. The second-order valence-electron chi connectivity index (χ2n) is 1.58. The first-order valence-electron chi connectivity index (χ1n) is 2.56. The van der Waals surface area contributed by atoms with Crippen molar-refractivity contribution in [3.8, 4) is 0 Å². The van der Waals surface area contributed by atoms with Gasteiger partial charge in [-0.05, 0) is 0 Å². The Bertz CT molecular complexity index is 26.7. The van der Waals surface area contributed by atoms with Crippen molar-refractivity contribution in [2.45, 2.75) is 24.4 Å². The summed E-state index contributed by atoms with van der Waals surface area (Å²) in [4.78, 5) is 0. The number of nitrogens with two attached hydrogens (primary N) is 1. The topological polar surface area (TPSA) is 26.0 Å². The van der Waals surface area contributed by atoms with Crippen LogP contribution in [0.4, 0.5) is 0 Å². The van der Waals surface area contributed by atoms with Gasteiger partial charge in [0.1, 0.15) is 0 Å². The molecule has 0 aromatic heterocycles. The third-order valence-electron chi connectivity index (χ3n) is 1.05. The van der Waals surface area contributed by atoms with Crippen LogP contribution < -0.4 is 4.69 Å². The zero-order chi connectivity index (χ0) is 4.99. The Hall–Kier alpha value is 0.503. The molecule has 1 nitrogen and oxygen atoms in total. The molecule has 0 aromatic carbocycles. The van der Waals surface area contributed by atoms with Gasteiger partial charge >= 0.3 is 43.6 Å². The molecule has 2 N–H and O–H groups in total. The first-order valence-corrected chi connectivity index (χ1v) is 7.39. The summed E-state index contributed by atoms with van der Waals surface area (Å²) in [5, 5.41) is 2.59. The number of hydrogen-bond acceptors (Lipinski definition) is 1. The third kappa shape index (κ3) is 2.72. The van der Waals surface area contributed by atoms with Crippen LogP contribution in [0.15, 0.2) is 0 Å². The van der Waals surface area contributed by atoms with Gasteiger partial charge in [0.25, 0.3) is 0 Å². The summed E-state index contributed by atoms with van der Waals surface area (Å²) in [6.45, 7) is 4.38. The summed E-state index contributed by atoms with van der Waals surface area (Å²) in [5.41, 5.74) is 0. The van der Waals surface area contributed by atoms with E-state index in [9.17, 15) is 0 Å². The molecule has 0 heterocycles. The summed E-state index contributed by atoms with van der Waals surface area (Å²) in [7, 11) is 0. The fraction of sp³-hybridized carbons (Fsp3) is 1.00. The number of rotatable bonds is 2. The molecule has 38 valence electrons. The van der Waals surface area contributed by atoms with Crippen molar-refractivity contribution in [3.63, 3.8) is 0 Å². The van der Waals surface area contributed by atoms with E-state index < -0.39 is 14.6 Å². The van der Waals surface area contributed by atoms with E-state index in [0.717, 1.165) is 0 Å². The first kappa shape index (κ1) is 6.50. The van der Waals surface area contributed by atoms with Gasteiger partial charge in [-0.2, -0.15) is 0 Å². The van der Waals surface area contributed by atoms with E-state index in [4.69, 9.17) is 4.69 Å². The fourth-order valence-corrected chi connectivity index (χ4v) is 1.50. The quantitative estimate of drug-likeness (QED) is 0.573. The zero-order valence-corrected chi connectivity index (χ0v) is 6.99. The molecule has 0 aromatic rings. The Kier molecular flexibility index (Phi) is 3.99. The number of hydrogen-bond donors (Lipinski definition) is 1. The van der Waals surface area contributed by atoms with Gasteiger partial charge in [0.15, 0.2) is 0 Å². The van der Waals surface area contributed by atoms with Crippen LogP contribution in [0.2, 0.25) is 10.5 Å². The molecular weight excluding hydrogens is 135 g/mol. The molecule has 2 heteroatoms. The van der Waals surface area contributed by atoms with E-state index in [1.807, 2.05) is 0 Å². The van der Waals surface area contributed by atoms with Crippen molar-refractivity contribution in [2.24, 2.45) is 4.69 Å². The van der Waals surface area contributed by atoms with Gasteiger partial charge in [-0.25, -0.2) is 0 Å². The maximum absolute atomic E-state index is 5.66. The molecule has 6 heavy (non-hydrogen) atoms. The van der Waals surface area contributed by atoms with Crippen molar-refractivity contribution in [1.82, 2.24) is 0 Å². The summed E-state index contributed by atoms with van der Waals surface area (Å²) in [5.74, 6) is 0. The third-order valence-corrected chi connectivity index (χ3v) is 5.45. The Balaban J connectivity index is 2.75. The van der Waals surface area contributed by atoms with Crippen LogP contribution in [0.1, 0.15) is 13.8 Å². The molecule has 0 rings (SSSR count). The van der Waals surface area contributed by atoms with Gasteiger partial charge in [-0.3, -0.25) is 0 Å². The molecular formula is C4H13GeN. The molecule has 0 aliphatic heterocycles. The first-order chi connectivity index (χ1) is 2.81. The maximum atomic E-state index is 5.66. The monoisotopic (exact) mass is 149 g/mol. The molecule has 0 atom stereocenters. The van der Waals surface area contributed by atoms with E-state index in [0.29, 0.717) is 0 Å². The van der Waals surface area contributed by atoms with E-state index in [2.05, 4.69) is 13.8 Å². The van der Waals surface area contributed by atoms with Crippen LogP contribution >= 0.6 is 0 Å². The van der Waals surface area contributed by atoms with E-state index in [1.54, 1.807) is 0 Å². The van der Waals surface area contributed by atoms with Gasteiger partial charge in [-0.15, -0.1) is 0 Å². The summed E-state index contributed by atoms with van der Waals surface area (Å²) in [6.07, 6.45) is 0. The van der Waals surface area contributed by atoms with E-state index >= 15 is 0 Å². The Morgan fingerprint density at radius 1 is 1.33 bits per heavy atom. The minimum absolute atomic E-state index is 1.04. The molecule has 0 amide bonds. The SMILES string of the molecule is C[CH2][GeH]([NH2])[CH2]C. The summed E-state index contributed by atoms with van der Waals surface area (Å²) < 4.78 is 5.66. The van der Waals surface area contributed by atoms with Crippen LogP contribution in [0.5, 0.6) is 0 Å². The average molecular weight is 148 g/mol. The summed E-state index contributed by atoms with van der Waals surface area (Å²) >= 11 is -1.04. The van der Waals surface area contributed by atoms with Crippen molar-refractivity contribution >= 4 is 14.6 Å². The van der Waals surface area contributed by atoms with Gasteiger partial charge in [0, 0.05) is 0 Å².